The number of nitrogens with zero attached hydrogens (tertiary/aromatic N) is 2. The molecular formula is C12H17N3O. The van der Waals surface area contributed by atoms with Crippen molar-refractivity contribution in [2.75, 3.05) is 0 Å². The number of aromatic nitrogens is 3. The predicted octanol–water partition coefficient (Wildman–Crippen LogP) is 1.85. The summed E-state index contributed by atoms with van der Waals surface area (Å²) in [6.07, 6.45) is 2.80. The molecule has 86 valence electrons. The van der Waals surface area contributed by atoms with Crippen LogP contribution in [-0.4, -0.2) is 14.6 Å². The van der Waals surface area contributed by atoms with E-state index >= 15 is 0 Å². The normalized spacial score (nSPS) is 11.2. The Morgan fingerprint density at radius 1 is 1.44 bits per heavy atom. The number of nitrogens with one attached hydrogen (secondary N) is 1. The van der Waals surface area contributed by atoms with Gasteiger partial charge in [0.1, 0.15) is 0 Å². The van der Waals surface area contributed by atoms with Gasteiger partial charge >= 0.3 is 0 Å². The fourth-order valence-corrected chi connectivity index (χ4v) is 1.95. The fraction of sp³-hybridized carbons (Fsp3) is 0.500. The molecule has 0 aliphatic carbocycles. The number of hydrogen-bond acceptors (Lipinski definition) is 2. The Hall–Kier alpha value is -1.58. The first kappa shape index (κ1) is 10.9. The van der Waals surface area contributed by atoms with Gasteiger partial charge in [-0.1, -0.05) is 20.3 Å². The monoisotopic (exact) mass is 219 g/mol. The van der Waals surface area contributed by atoms with Crippen LogP contribution in [-0.2, 0) is 12.8 Å². The van der Waals surface area contributed by atoms with E-state index in [0.29, 0.717) is 0 Å². The first-order valence-electron chi connectivity index (χ1n) is 5.77. The number of aromatic amines is 1. The Bertz CT molecular complexity index is 565. The van der Waals surface area contributed by atoms with Crippen molar-refractivity contribution in [2.45, 2.75) is 40.0 Å². The van der Waals surface area contributed by atoms with Crippen molar-refractivity contribution in [1.29, 1.82) is 0 Å². The molecule has 0 fully saturated rings. The lowest BCUT2D eigenvalue weighted by Gasteiger charge is -2.01. The van der Waals surface area contributed by atoms with Gasteiger partial charge in [-0.25, -0.2) is 9.50 Å². The molecule has 2 aromatic heterocycles. The maximum Gasteiger partial charge on any atom is 0.275 e. The smallest absolute Gasteiger partial charge is 0.275 e. The van der Waals surface area contributed by atoms with Gasteiger partial charge in [-0.05, 0) is 19.8 Å². The second-order valence-corrected chi connectivity index (χ2v) is 4.07. The minimum Gasteiger partial charge on any atom is -0.294 e. The van der Waals surface area contributed by atoms with Gasteiger partial charge < -0.3 is 0 Å². The summed E-state index contributed by atoms with van der Waals surface area (Å²) < 4.78 is 1.54. The highest BCUT2D eigenvalue weighted by molar-refractivity contribution is 5.41. The van der Waals surface area contributed by atoms with E-state index in [4.69, 9.17) is 0 Å². The molecule has 0 amide bonds. The molecule has 0 saturated heterocycles. The number of aryl methyl sites for hydroxylation is 2. The summed E-state index contributed by atoms with van der Waals surface area (Å²) in [5.41, 5.74) is 3.46. The van der Waals surface area contributed by atoms with E-state index in [1.165, 1.54) is 0 Å². The third-order valence-electron chi connectivity index (χ3n) is 2.85. The van der Waals surface area contributed by atoms with Gasteiger partial charge in [0, 0.05) is 17.3 Å². The van der Waals surface area contributed by atoms with E-state index in [9.17, 15) is 4.79 Å². The highest BCUT2D eigenvalue weighted by Crippen LogP contribution is 2.07. The molecule has 1 N–H and O–H groups in total. The van der Waals surface area contributed by atoms with Crippen molar-refractivity contribution in [2.24, 2.45) is 0 Å². The van der Waals surface area contributed by atoms with Crippen LogP contribution in [0.4, 0.5) is 0 Å². The molecule has 16 heavy (non-hydrogen) atoms. The Morgan fingerprint density at radius 2 is 2.19 bits per heavy atom. The number of hydrogen-bond donors (Lipinski definition) is 1. The van der Waals surface area contributed by atoms with Gasteiger partial charge in [0.25, 0.3) is 5.56 Å². The minimum absolute atomic E-state index is 0.0178. The molecule has 0 aliphatic rings. The van der Waals surface area contributed by atoms with E-state index < -0.39 is 0 Å². The van der Waals surface area contributed by atoms with E-state index in [-0.39, 0.29) is 5.56 Å². The summed E-state index contributed by atoms with van der Waals surface area (Å²) in [5.74, 6) is 0. The summed E-state index contributed by atoms with van der Waals surface area (Å²) in [6.45, 7) is 5.97. The molecule has 4 nitrogen and oxygen atoms in total. The summed E-state index contributed by atoms with van der Waals surface area (Å²) in [5, 5.41) is 3.10. The molecule has 2 heterocycles. The topological polar surface area (TPSA) is 50.2 Å². The van der Waals surface area contributed by atoms with Crippen LogP contribution in [0.2, 0.25) is 0 Å². The molecule has 0 spiro atoms. The van der Waals surface area contributed by atoms with Crippen molar-refractivity contribution in [1.82, 2.24) is 14.6 Å². The van der Waals surface area contributed by atoms with E-state index in [1.54, 1.807) is 4.52 Å². The standard InChI is InChI=1S/C12H17N3O/c1-4-6-9-7-11-13-10(5-2)8(3)12(16)15(11)14-9/h7,14H,4-6H2,1-3H3. The third-order valence-corrected chi connectivity index (χ3v) is 2.85. The maximum atomic E-state index is 12.0. The lowest BCUT2D eigenvalue weighted by molar-refractivity contribution is 0.804. The zero-order valence-electron chi connectivity index (χ0n) is 10.0. The first-order chi connectivity index (χ1) is 7.67. The SMILES string of the molecule is CCCc1cc2nc(CC)c(C)c(=O)n2[nH]1. The minimum atomic E-state index is 0.0178. The fourth-order valence-electron chi connectivity index (χ4n) is 1.95. The average molecular weight is 219 g/mol. The van der Waals surface area contributed by atoms with Crippen molar-refractivity contribution >= 4 is 5.65 Å². The van der Waals surface area contributed by atoms with Gasteiger partial charge in [-0.2, -0.15) is 0 Å². The summed E-state index contributed by atoms with van der Waals surface area (Å²) >= 11 is 0. The number of H-pyrrole nitrogens is 1. The Balaban J connectivity index is 2.68. The summed E-state index contributed by atoms with van der Waals surface area (Å²) in [7, 11) is 0. The number of rotatable bonds is 3. The Kier molecular flexibility index (Phi) is 2.81. The highest BCUT2D eigenvalue weighted by atomic mass is 16.1. The molecule has 0 bridgehead atoms. The summed E-state index contributed by atoms with van der Waals surface area (Å²) in [4.78, 5) is 16.5. The van der Waals surface area contributed by atoms with E-state index in [1.807, 2.05) is 19.9 Å². The zero-order valence-corrected chi connectivity index (χ0v) is 10.0. The van der Waals surface area contributed by atoms with Crippen LogP contribution in [0, 0.1) is 6.92 Å². The molecule has 0 saturated carbocycles. The molecule has 0 aliphatic heterocycles. The Morgan fingerprint density at radius 3 is 2.81 bits per heavy atom. The molecule has 0 aromatic carbocycles. The Labute approximate surface area is 94.3 Å². The molecule has 2 aromatic rings. The van der Waals surface area contributed by atoms with Gasteiger partial charge in [-0.15, -0.1) is 0 Å². The van der Waals surface area contributed by atoms with Crippen LogP contribution in [0.15, 0.2) is 10.9 Å². The van der Waals surface area contributed by atoms with Crippen LogP contribution >= 0.6 is 0 Å². The van der Waals surface area contributed by atoms with Crippen LogP contribution in [0.25, 0.3) is 5.65 Å². The van der Waals surface area contributed by atoms with Crippen molar-refractivity contribution < 1.29 is 0 Å². The van der Waals surface area contributed by atoms with Crippen molar-refractivity contribution in [3.05, 3.63) is 33.4 Å². The summed E-state index contributed by atoms with van der Waals surface area (Å²) in [6, 6.07) is 1.96. The van der Waals surface area contributed by atoms with Crippen LogP contribution in [0.3, 0.4) is 0 Å². The highest BCUT2D eigenvalue weighted by Gasteiger charge is 2.09. The van der Waals surface area contributed by atoms with E-state index in [2.05, 4.69) is 17.0 Å². The number of fused-ring (bicyclic) bond motifs is 1. The van der Waals surface area contributed by atoms with Gasteiger partial charge in [0.15, 0.2) is 5.65 Å². The maximum absolute atomic E-state index is 12.0. The molecular weight excluding hydrogens is 202 g/mol. The molecule has 0 atom stereocenters. The van der Waals surface area contributed by atoms with Gasteiger partial charge in [0.2, 0.25) is 0 Å². The van der Waals surface area contributed by atoms with Gasteiger partial charge in [-0.3, -0.25) is 9.89 Å². The van der Waals surface area contributed by atoms with Crippen LogP contribution in [0.1, 0.15) is 37.2 Å². The molecule has 4 heteroatoms. The zero-order chi connectivity index (χ0) is 11.7. The first-order valence-corrected chi connectivity index (χ1v) is 5.77. The predicted molar refractivity (Wildman–Crippen MR) is 63.9 cm³/mol. The van der Waals surface area contributed by atoms with E-state index in [0.717, 1.165) is 41.9 Å². The lowest BCUT2D eigenvalue weighted by Crippen LogP contribution is -2.20. The second kappa shape index (κ2) is 4.12. The molecule has 0 radical (unpaired) electrons. The molecule has 0 unspecified atom stereocenters. The second-order valence-electron chi connectivity index (χ2n) is 4.07. The largest absolute Gasteiger partial charge is 0.294 e. The lowest BCUT2D eigenvalue weighted by atomic mass is 10.2. The van der Waals surface area contributed by atoms with Crippen LogP contribution < -0.4 is 5.56 Å². The molecule has 2 rings (SSSR count). The van der Waals surface area contributed by atoms with Gasteiger partial charge in [0.05, 0.1) is 5.69 Å². The van der Waals surface area contributed by atoms with Crippen LogP contribution in [0.5, 0.6) is 0 Å². The third kappa shape index (κ3) is 1.64. The van der Waals surface area contributed by atoms with Crippen molar-refractivity contribution in [3.63, 3.8) is 0 Å². The van der Waals surface area contributed by atoms with Crippen molar-refractivity contribution in [3.8, 4) is 0 Å². The quantitative estimate of drug-likeness (QED) is 0.856. The average Bonchev–Trinajstić information content (AvgIpc) is 2.67.